The monoisotopic (exact) mass is 188 g/mol. The van der Waals surface area contributed by atoms with Gasteiger partial charge in [-0.1, -0.05) is 25.5 Å². The number of fused-ring (bicyclic) bond motifs is 1. The first-order valence-corrected chi connectivity index (χ1v) is 4.82. The van der Waals surface area contributed by atoms with E-state index in [1.54, 1.807) is 12.3 Å². The van der Waals surface area contributed by atoms with Gasteiger partial charge in [0.15, 0.2) is 5.43 Å². The topological polar surface area (TPSA) is 30.2 Å². The lowest BCUT2D eigenvalue weighted by Crippen LogP contribution is -2.07. The summed E-state index contributed by atoms with van der Waals surface area (Å²) in [6.07, 6.45) is 3.32. The Labute approximate surface area is 82.2 Å². The van der Waals surface area contributed by atoms with Crippen LogP contribution in [-0.2, 0) is 6.42 Å². The zero-order chi connectivity index (χ0) is 9.97. The SMILES string of the molecule is CCCc1coc2ccccc2c1=O. The second kappa shape index (κ2) is 3.66. The van der Waals surface area contributed by atoms with E-state index < -0.39 is 0 Å². The Bertz CT molecular complexity index is 497. The summed E-state index contributed by atoms with van der Waals surface area (Å²) in [7, 11) is 0. The summed E-state index contributed by atoms with van der Waals surface area (Å²) < 4.78 is 5.38. The first kappa shape index (κ1) is 9.00. The lowest BCUT2D eigenvalue weighted by Gasteiger charge is -1.99. The summed E-state index contributed by atoms with van der Waals surface area (Å²) in [4.78, 5) is 11.9. The molecule has 0 atom stereocenters. The van der Waals surface area contributed by atoms with Crippen LogP contribution in [0.1, 0.15) is 18.9 Å². The molecule has 0 saturated carbocycles. The van der Waals surface area contributed by atoms with Crippen LogP contribution in [0.5, 0.6) is 0 Å². The zero-order valence-corrected chi connectivity index (χ0v) is 8.12. The maximum absolute atomic E-state index is 11.9. The molecule has 1 heterocycles. The predicted molar refractivity (Wildman–Crippen MR) is 56.5 cm³/mol. The molecule has 0 aliphatic heterocycles. The highest BCUT2D eigenvalue weighted by Crippen LogP contribution is 2.10. The van der Waals surface area contributed by atoms with Gasteiger partial charge < -0.3 is 4.42 Å². The molecular weight excluding hydrogens is 176 g/mol. The molecule has 0 aliphatic carbocycles. The van der Waals surface area contributed by atoms with Gasteiger partial charge in [-0.05, 0) is 18.6 Å². The average molecular weight is 188 g/mol. The van der Waals surface area contributed by atoms with Crippen LogP contribution in [0.15, 0.2) is 39.7 Å². The smallest absolute Gasteiger partial charge is 0.195 e. The van der Waals surface area contributed by atoms with Crippen molar-refractivity contribution >= 4 is 11.0 Å². The highest BCUT2D eigenvalue weighted by molar-refractivity contribution is 5.76. The van der Waals surface area contributed by atoms with Crippen molar-refractivity contribution in [3.8, 4) is 0 Å². The van der Waals surface area contributed by atoms with Crippen molar-refractivity contribution < 1.29 is 4.42 Å². The molecule has 1 aromatic heterocycles. The van der Waals surface area contributed by atoms with Gasteiger partial charge in [0, 0.05) is 5.56 Å². The fourth-order valence-corrected chi connectivity index (χ4v) is 1.56. The van der Waals surface area contributed by atoms with E-state index in [0.29, 0.717) is 11.0 Å². The van der Waals surface area contributed by atoms with Crippen molar-refractivity contribution in [2.75, 3.05) is 0 Å². The number of benzene rings is 1. The minimum absolute atomic E-state index is 0.105. The van der Waals surface area contributed by atoms with E-state index in [-0.39, 0.29) is 5.43 Å². The molecule has 2 aromatic rings. The molecular formula is C12H12O2. The van der Waals surface area contributed by atoms with Gasteiger partial charge in [-0.2, -0.15) is 0 Å². The summed E-state index contributed by atoms with van der Waals surface area (Å²) in [5.74, 6) is 0. The van der Waals surface area contributed by atoms with Crippen LogP contribution in [-0.4, -0.2) is 0 Å². The van der Waals surface area contributed by atoms with Crippen LogP contribution in [0, 0.1) is 0 Å². The van der Waals surface area contributed by atoms with E-state index in [4.69, 9.17) is 4.42 Å². The largest absolute Gasteiger partial charge is 0.464 e. The summed E-state index contributed by atoms with van der Waals surface area (Å²) in [5.41, 5.74) is 1.54. The first-order chi connectivity index (χ1) is 6.83. The minimum atomic E-state index is 0.105. The van der Waals surface area contributed by atoms with Crippen LogP contribution < -0.4 is 5.43 Å². The van der Waals surface area contributed by atoms with Crippen LogP contribution in [0.2, 0.25) is 0 Å². The predicted octanol–water partition coefficient (Wildman–Crippen LogP) is 2.75. The second-order valence-electron chi connectivity index (χ2n) is 3.34. The Morgan fingerprint density at radius 2 is 2.07 bits per heavy atom. The fourth-order valence-electron chi connectivity index (χ4n) is 1.56. The quantitative estimate of drug-likeness (QED) is 0.725. The van der Waals surface area contributed by atoms with Gasteiger partial charge in [-0.15, -0.1) is 0 Å². The van der Waals surface area contributed by atoms with E-state index in [1.807, 2.05) is 18.2 Å². The number of hydrogen-bond acceptors (Lipinski definition) is 2. The molecule has 0 unspecified atom stereocenters. The molecule has 0 spiro atoms. The van der Waals surface area contributed by atoms with Crippen LogP contribution in [0.4, 0.5) is 0 Å². The molecule has 0 fully saturated rings. The highest BCUT2D eigenvalue weighted by Gasteiger charge is 2.04. The third-order valence-corrected chi connectivity index (χ3v) is 2.27. The van der Waals surface area contributed by atoms with E-state index in [9.17, 15) is 4.79 Å². The van der Waals surface area contributed by atoms with E-state index in [2.05, 4.69) is 6.92 Å². The van der Waals surface area contributed by atoms with E-state index >= 15 is 0 Å². The summed E-state index contributed by atoms with van der Waals surface area (Å²) in [6, 6.07) is 7.34. The van der Waals surface area contributed by atoms with Gasteiger partial charge in [0.25, 0.3) is 0 Å². The summed E-state index contributed by atoms with van der Waals surface area (Å²) in [5, 5.41) is 0.679. The number of para-hydroxylation sites is 1. The number of rotatable bonds is 2. The maximum Gasteiger partial charge on any atom is 0.195 e. The van der Waals surface area contributed by atoms with Crippen molar-refractivity contribution in [3.05, 3.63) is 46.3 Å². The molecule has 72 valence electrons. The Balaban J connectivity index is 2.69. The Morgan fingerprint density at radius 3 is 2.86 bits per heavy atom. The van der Waals surface area contributed by atoms with Crippen LogP contribution >= 0.6 is 0 Å². The van der Waals surface area contributed by atoms with Gasteiger partial charge in [0.2, 0.25) is 0 Å². The summed E-state index contributed by atoms with van der Waals surface area (Å²) >= 11 is 0. The average Bonchev–Trinajstić information content (AvgIpc) is 2.23. The molecule has 2 heteroatoms. The molecule has 0 saturated heterocycles. The van der Waals surface area contributed by atoms with Gasteiger partial charge >= 0.3 is 0 Å². The maximum atomic E-state index is 11.9. The van der Waals surface area contributed by atoms with E-state index in [1.165, 1.54) is 0 Å². The lowest BCUT2D eigenvalue weighted by atomic mass is 10.1. The van der Waals surface area contributed by atoms with Crippen LogP contribution in [0.25, 0.3) is 11.0 Å². The van der Waals surface area contributed by atoms with Crippen molar-refractivity contribution in [2.24, 2.45) is 0 Å². The number of hydrogen-bond donors (Lipinski definition) is 0. The molecule has 2 nitrogen and oxygen atoms in total. The first-order valence-electron chi connectivity index (χ1n) is 4.82. The van der Waals surface area contributed by atoms with Gasteiger partial charge in [-0.3, -0.25) is 4.79 Å². The molecule has 1 aromatic carbocycles. The molecule has 0 radical (unpaired) electrons. The number of aryl methyl sites for hydroxylation is 1. The van der Waals surface area contributed by atoms with Gasteiger partial charge in [0.05, 0.1) is 11.6 Å². The zero-order valence-electron chi connectivity index (χ0n) is 8.12. The Morgan fingerprint density at radius 1 is 1.29 bits per heavy atom. The molecule has 0 aliphatic rings. The highest BCUT2D eigenvalue weighted by atomic mass is 16.3. The minimum Gasteiger partial charge on any atom is -0.464 e. The molecule has 0 amide bonds. The standard InChI is InChI=1S/C12H12O2/c1-2-5-9-8-14-11-7-4-3-6-10(11)12(9)13/h3-4,6-8H,2,5H2,1H3. The van der Waals surface area contributed by atoms with Gasteiger partial charge in [-0.25, -0.2) is 0 Å². The summed E-state index contributed by atoms with van der Waals surface area (Å²) in [6.45, 7) is 2.05. The van der Waals surface area contributed by atoms with Crippen LogP contribution in [0.3, 0.4) is 0 Å². The molecule has 0 bridgehead atoms. The molecule has 2 rings (SSSR count). The molecule has 0 N–H and O–H groups in total. The van der Waals surface area contributed by atoms with E-state index in [0.717, 1.165) is 18.4 Å². The Kier molecular flexibility index (Phi) is 2.35. The van der Waals surface area contributed by atoms with Crippen molar-refractivity contribution in [1.82, 2.24) is 0 Å². The second-order valence-corrected chi connectivity index (χ2v) is 3.34. The normalized spacial score (nSPS) is 10.6. The van der Waals surface area contributed by atoms with Crippen molar-refractivity contribution in [3.63, 3.8) is 0 Å². The third-order valence-electron chi connectivity index (χ3n) is 2.27. The Hall–Kier alpha value is -1.57. The lowest BCUT2D eigenvalue weighted by molar-refractivity contribution is 0.591. The van der Waals surface area contributed by atoms with Gasteiger partial charge in [0.1, 0.15) is 5.58 Å². The fraction of sp³-hybridized carbons (Fsp3) is 0.250. The molecule has 14 heavy (non-hydrogen) atoms. The van der Waals surface area contributed by atoms with Crippen molar-refractivity contribution in [1.29, 1.82) is 0 Å². The van der Waals surface area contributed by atoms with Crippen molar-refractivity contribution in [2.45, 2.75) is 19.8 Å². The third kappa shape index (κ3) is 1.43.